The van der Waals surface area contributed by atoms with Crippen LogP contribution in [0.2, 0.25) is 0 Å². The normalized spacial score (nSPS) is 10.8. The molecule has 162 valence electrons. The first-order valence-electron chi connectivity index (χ1n) is 8.96. The van der Waals surface area contributed by atoms with Crippen LogP contribution in [-0.2, 0) is 19.6 Å². The van der Waals surface area contributed by atoms with Gasteiger partial charge in [-0.05, 0) is 43.3 Å². The lowest BCUT2D eigenvalue weighted by Gasteiger charge is -2.23. The summed E-state index contributed by atoms with van der Waals surface area (Å²) >= 11 is 0. The molecule has 2 rings (SSSR count). The molecule has 10 heteroatoms. The standard InChI is InChI=1S/C20H24N2O7S/c1-5-29-20(24)14-6-8-15(9-7-14)21-19(23)13-22(30(4,25)26)16-10-11-17(27-2)18(12-16)28-3/h6-12H,5,13H2,1-4H3,(H,21,23). The van der Waals surface area contributed by atoms with E-state index in [1.165, 1.54) is 50.6 Å². The fourth-order valence-corrected chi connectivity index (χ4v) is 3.46. The van der Waals surface area contributed by atoms with Gasteiger partial charge in [0.25, 0.3) is 0 Å². The average Bonchev–Trinajstić information content (AvgIpc) is 2.71. The van der Waals surface area contributed by atoms with Crippen LogP contribution in [0.3, 0.4) is 0 Å². The quantitative estimate of drug-likeness (QED) is 0.600. The van der Waals surface area contributed by atoms with Crippen LogP contribution in [0.5, 0.6) is 11.5 Å². The number of nitrogens with zero attached hydrogens (tertiary/aromatic N) is 1. The van der Waals surface area contributed by atoms with Crippen molar-refractivity contribution >= 4 is 33.3 Å². The highest BCUT2D eigenvalue weighted by atomic mass is 32.2. The number of benzene rings is 2. The van der Waals surface area contributed by atoms with E-state index in [2.05, 4.69) is 5.32 Å². The Balaban J connectivity index is 2.18. The first kappa shape index (κ1) is 23.0. The van der Waals surface area contributed by atoms with Gasteiger partial charge in [-0.2, -0.15) is 0 Å². The third-order valence-electron chi connectivity index (χ3n) is 4.02. The number of hydrogen-bond donors (Lipinski definition) is 1. The van der Waals surface area contributed by atoms with E-state index >= 15 is 0 Å². The molecule has 0 heterocycles. The Kier molecular flexibility index (Phi) is 7.65. The number of sulfonamides is 1. The Morgan fingerprint density at radius 2 is 1.63 bits per heavy atom. The first-order valence-corrected chi connectivity index (χ1v) is 10.8. The summed E-state index contributed by atoms with van der Waals surface area (Å²) < 4.78 is 40.8. The maximum atomic E-state index is 12.5. The Morgan fingerprint density at radius 3 is 2.17 bits per heavy atom. The van der Waals surface area contributed by atoms with Crippen LogP contribution in [0.1, 0.15) is 17.3 Å². The molecular weight excluding hydrogens is 412 g/mol. The summed E-state index contributed by atoms with van der Waals surface area (Å²) in [7, 11) is -0.865. The Labute approximate surface area is 175 Å². The van der Waals surface area contributed by atoms with Crippen LogP contribution in [0.15, 0.2) is 42.5 Å². The van der Waals surface area contributed by atoms with Crippen molar-refractivity contribution in [1.29, 1.82) is 0 Å². The molecule has 0 spiro atoms. The molecule has 2 aromatic rings. The molecule has 30 heavy (non-hydrogen) atoms. The number of carbonyl (C=O) groups excluding carboxylic acids is 2. The minimum absolute atomic E-state index is 0.253. The predicted molar refractivity (Wildman–Crippen MR) is 113 cm³/mol. The summed E-state index contributed by atoms with van der Waals surface area (Å²) in [5.74, 6) is -0.259. The second-order valence-electron chi connectivity index (χ2n) is 6.15. The Morgan fingerprint density at radius 1 is 1.00 bits per heavy atom. The van der Waals surface area contributed by atoms with Gasteiger partial charge in [-0.1, -0.05) is 0 Å². The van der Waals surface area contributed by atoms with Crippen molar-refractivity contribution in [3.05, 3.63) is 48.0 Å². The van der Waals surface area contributed by atoms with E-state index in [-0.39, 0.29) is 12.3 Å². The zero-order valence-corrected chi connectivity index (χ0v) is 18.0. The molecule has 0 aromatic heterocycles. The molecule has 0 unspecified atom stereocenters. The third-order valence-corrected chi connectivity index (χ3v) is 5.16. The van der Waals surface area contributed by atoms with Gasteiger partial charge in [-0.25, -0.2) is 13.2 Å². The van der Waals surface area contributed by atoms with E-state index in [1.807, 2.05) is 0 Å². The Hall–Kier alpha value is -3.27. The molecule has 0 atom stereocenters. The maximum absolute atomic E-state index is 12.5. The zero-order chi connectivity index (χ0) is 22.3. The highest BCUT2D eigenvalue weighted by molar-refractivity contribution is 7.92. The van der Waals surface area contributed by atoms with Crippen molar-refractivity contribution in [2.75, 3.05) is 43.2 Å². The monoisotopic (exact) mass is 436 g/mol. The summed E-state index contributed by atoms with van der Waals surface area (Å²) in [5, 5.41) is 2.61. The number of anilines is 2. The van der Waals surface area contributed by atoms with Crippen LogP contribution in [0.4, 0.5) is 11.4 Å². The molecular formula is C20H24N2O7S. The minimum Gasteiger partial charge on any atom is -0.493 e. The largest absolute Gasteiger partial charge is 0.493 e. The molecule has 0 aliphatic rings. The fourth-order valence-electron chi connectivity index (χ4n) is 2.62. The molecule has 9 nitrogen and oxygen atoms in total. The van der Waals surface area contributed by atoms with Crippen LogP contribution in [-0.4, -0.2) is 53.9 Å². The number of esters is 1. The maximum Gasteiger partial charge on any atom is 0.338 e. The van der Waals surface area contributed by atoms with E-state index in [0.717, 1.165) is 10.6 Å². The van der Waals surface area contributed by atoms with Gasteiger partial charge >= 0.3 is 5.97 Å². The van der Waals surface area contributed by atoms with Crippen molar-refractivity contribution in [2.24, 2.45) is 0 Å². The number of rotatable bonds is 9. The van der Waals surface area contributed by atoms with E-state index in [4.69, 9.17) is 14.2 Å². The smallest absolute Gasteiger partial charge is 0.338 e. The topological polar surface area (TPSA) is 111 Å². The molecule has 0 bridgehead atoms. The molecule has 0 aliphatic carbocycles. The van der Waals surface area contributed by atoms with Crippen molar-refractivity contribution in [2.45, 2.75) is 6.92 Å². The zero-order valence-electron chi connectivity index (χ0n) is 17.2. The number of amides is 1. The first-order chi connectivity index (χ1) is 14.2. The predicted octanol–water partition coefficient (Wildman–Crippen LogP) is 2.29. The van der Waals surface area contributed by atoms with Gasteiger partial charge in [-0.15, -0.1) is 0 Å². The SMILES string of the molecule is CCOC(=O)c1ccc(NC(=O)CN(c2ccc(OC)c(OC)c2)S(C)(=O)=O)cc1. The highest BCUT2D eigenvalue weighted by Gasteiger charge is 2.22. The van der Waals surface area contributed by atoms with E-state index < -0.39 is 28.4 Å². The lowest BCUT2D eigenvalue weighted by Crippen LogP contribution is -2.37. The molecule has 0 radical (unpaired) electrons. The van der Waals surface area contributed by atoms with E-state index in [9.17, 15) is 18.0 Å². The van der Waals surface area contributed by atoms with Gasteiger partial charge in [0.1, 0.15) is 6.54 Å². The molecule has 0 saturated heterocycles. The van der Waals surface area contributed by atoms with Crippen LogP contribution in [0, 0.1) is 0 Å². The number of ether oxygens (including phenoxy) is 3. The number of carbonyl (C=O) groups is 2. The molecule has 1 N–H and O–H groups in total. The summed E-state index contributed by atoms with van der Waals surface area (Å²) in [6, 6.07) is 10.6. The van der Waals surface area contributed by atoms with Crippen molar-refractivity contribution in [3.63, 3.8) is 0 Å². The van der Waals surface area contributed by atoms with Crippen molar-refractivity contribution in [3.8, 4) is 11.5 Å². The molecule has 0 saturated carbocycles. The molecule has 2 aromatic carbocycles. The van der Waals surface area contributed by atoms with Gasteiger partial charge in [0.15, 0.2) is 11.5 Å². The van der Waals surface area contributed by atoms with Crippen LogP contribution >= 0.6 is 0 Å². The average molecular weight is 436 g/mol. The van der Waals surface area contributed by atoms with Gasteiger partial charge in [0.2, 0.25) is 15.9 Å². The van der Waals surface area contributed by atoms with Gasteiger partial charge < -0.3 is 19.5 Å². The second-order valence-corrected chi connectivity index (χ2v) is 8.06. The van der Waals surface area contributed by atoms with E-state index in [0.29, 0.717) is 22.7 Å². The number of nitrogens with one attached hydrogen (secondary N) is 1. The highest BCUT2D eigenvalue weighted by Crippen LogP contribution is 2.32. The van der Waals surface area contributed by atoms with E-state index in [1.54, 1.807) is 13.0 Å². The van der Waals surface area contributed by atoms with Gasteiger partial charge in [0, 0.05) is 11.8 Å². The van der Waals surface area contributed by atoms with Gasteiger partial charge in [0.05, 0.1) is 38.3 Å². The molecule has 0 aliphatic heterocycles. The summed E-state index contributed by atoms with van der Waals surface area (Å²) in [5.41, 5.74) is 1.01. The lowest BCUT2D eigenvalue weighted by molar-refractivity contribution is -0.114. The van der Waals surface area contributed by atoms with Crippen LogP contribution < -0.4 is 19.1 Å². The number of methoxy groups -OCH3 is 2. The van der Waals surface area contributed by atoms with Gasteiger partial charge in [-0.3, -0.25) is 9.10 Å². The van der Waals surface area contributed by atoms with Crippen molar-refractivity contribution in [1.82, 2.24) is 0 Å². The third kappa shape index (κ3) is 5.86. The van der Waals surface area contributed by atoms with Crippen LogP contribution in [0.25, 0.3) is 0 Å². The summed E-state index contributed by atoms with van der Waals surface area (Å²) in [4.78, 5) is 24.2. The Bertz CT molecular complexity index is 1000. The van der Waals surface area contributed by atoms with Crippen molar-refractivity contribution < 1.29 is 32.2 Å². The minimum atomic E-state index is -3.76. The lowest BCUT2D eigenvalue weighted by atomic mass is 10.2. The number of hydrogen-bond acceptors (Lipinski definition) is 7. The molecule has 1 amide bonds. The fraction of sp³-hybridized carbons (Fsp3) is 0.300. The summed E-state index contributed by atoms with van der Waals surface area (Å²) in [6.45, 7) is 1.52. The molecule has 0 fully saturated rings. The second kappa shape index (κ2) is 9.97. The summed E-state index contributed by atoms with van der Waals surface area (Å²) in [6.07, 6.45) is 1.01.